The molecule has 3 nitrogen and oxygen atoms in total. The second kappa shape index (κ2) is 6.01. The lowest BCUT2D eigenvalue weighted by molar-refractivity contribution is 0.0771. The number of halogens is 4. The van der Waals surface area contributed by atoms with Crippen molar-refractivity contribution in [3.63, 3.8) is 0 Å². The number of carbonyl (C=O) groups excluding carboxylic acids is 1. The highest BCUT2D eigenvalue weighted by atomic mass is 35.5. The highest BCUT2D eigenvalue weighted by molar-refractivity contribution is 5.94. The molecule has 0 saturated carbocycles. The van der Waals surface area contributed by atoms with Gasteiger partial charge < -0.3 is 10.6 Å². The molecule has 1 saturated heterocycles. The molecule has 0 radical (unpaired) electrons. The van der Waals surface area contributed by atoms with E-state index in [-0.39, 0.29) is 17.8 Å². The summed E-state index contributed by atoms with van der Waals surface area (Å²) in [6, 6.07) is 1.72. The molecule has 0 spiro atoms. The maximum Gasteiger partial charge on any atom is 0.256 e. The van der Waals surface area contributed by atoms with Crippen molar-refractivity contribution in [1.29, 1.82) is 0 Å². The highest BCUT2D eigenvalue weighted by Crippen LogP contribution is 2.30. The molecule has 1 fully saturated rings. The van der Waals surface area contributed by atoms with Crippen molar-refractivity contribution in [2.24, 2.45) is 11.1 Å². The molecule has 0 aliphatic carbocycles. The Morgan fingerprint density at radius 3 is 2.55 bits per heavy atom. The van der Waals surface area contributed by atoms with Crippen molar-refractivity contribution in [1.82, 2.24) is 4.90 Å². The molecule has 1 amide bonds. The Hall–Kier alpha value is -1.27. The van der Waals surface area contributed by atoms with Gasteiger partial charge in [0.2, 0.25) is 0 Å². The Labute approximate surface area is 121 Å². The summed E-state index contributed by atoms with van der Waals surface area (Å²) < 4.78 is 39.5. The van der Waals surface area contributed by atoms with Crippen LogP contribution in [0.25, 0.3) is 0 Å². The lowest BCUT2D eigenvalue weighted by Gasteiger charge is -2.22. The second-order valence-corrected chi connectivity index (χ2v) is 5.21. The molecule has 2 rings (SSSR count). The summed E-state index contributed by atoms with van der Waals surface area (Å²) in [5, 5.41) is 0. The van der Waals surface area contributed by atoms with Crippen molar-refractivity contribution < 1.29 is 18.0 Å². The van der Waals surface area contributed by atoms with Gasteiger partial charge in [-0.15, -0.1) is 12.4 Å². The third kappa shape index (κ3) is 2.91. The average Bonchev–Trinajstić information content (AvgIpc) is 2.79. The van der Waals surface area contributed by atoms with Gasteiger partial charge in [-0.3, -0.25) is 4.79 Å². The minimum absolute atomic E-state index is 0. The number of carbonyl (C=O) groups is 1. The summed E-state index contributed by atoms with van der Waals surface area (Å²) >= 11 is 0. The van der Waals surface area contributed by atoms with Gasteiger partial charge in [-0.2, -0.15) is 0 Å². The molecule has 1 aliphatic rings. The van der Waals surface area contributed by atoms with E-state index in [1.165, 1.54) is 4.90 Å². The SMILES string of the molecule is CC1(CN)CCN(C(=O)c2ccc(F)c(F)c2F)C1.Cl. The van der Waals surface area contributed by atoms with Crippen LogP contribution in [0.3, 0.4) is 0 Å². The first-order valence-corrected chi connectivity index (χ1v) is 6.01. The molecule has 1 unspecified atom stereocenters. The standard InChI is InChI=1S/C13H15F3N2O.ClH/c1-13(6-17)4-5-18(7-13)12(19)8-2-3-9(14)11(16)10(8)15;/h2-3H,4-7,17H2,1H3;1H. The Balaban J connectivity index is 0.00000200. The van der Waals surface area contributed by atoms with E-state index in [0.717, 1.165) is 12.1 Å². The molecular weight excluding hydrogens is 293 g/mol. The first kappa shape index (κ1) is 16.8. The number of hydrogen-bond donors (Lipinski definition) is 1. The topological polar surface area (TPSA) is 46.3 Å². The van der Waals surface area contributed by atoms with E-state index in [2.05, 4.69) is 0 Å². The van der Waals surface area contributed by atoms with E-state index >= 15 is 0 Å². The molecule has 7 heteroatoms. The van der Waals surface area contributed by atoms with Gasteiger partial charge in [-0.25, -0.2) is 13.2 Å². The molecule has 1 atom stereocenters. The zero-order valence-corrected chi connectivity index (χ0v) is 11.8. The fraction of sp³-hybridized carbons (Fsp3) is 0.462. The van der Waals surface area contributed by atoms with Crippen molar-refractivity contribution >= 4 is 18.3 Å². The van der Waals surface area contributed by atoms with Gasteiger partial charge in [0.25, 0.3) is 5.91 Å². The number of nitrogens with zero attached hydrogens (tertiary/aromatic N) is 1. The van der Waals surface area contributed by atoms with Crippen molar-refractivity contribution in [3.05, 3.63) is 35.1 Å². The van der Waals surface area contributed by atoms with Crippen molar-refractivity contribution in [3.8, 4) is 0 Å². The number of hydrogen-bond acceptors (Lipinski definition) is 2. The fourth-order valence-electron chi connectivity index (χ4n) is 2.23. The maximum absolute atomic E-state index is 13.6. The minimum Gasteiger partial charge on any atom is -0.338 e. The predicted octanol–water partition coefficient (Wildman–Crippen LogP) is 2.34. The van der Waals surface area contributed by atoms with Crippen LogP contribution in [0.15, 0.2) is 12.1 Å². The summed E-state index contributed by atoms with van der Waals surface area (Å²) in [5.74, 6) is -4.99. The van der Waals surface area contributed by atoms with Crippen LogP contribution in [0.1, 0.15) is 23.7 Å². The summed E-state index contributed by atoms with van der Waals surface area (Å²) in [7, 11) is 0. The fourth-order valence-corrected chi connectivity index (χ4v) is 2.23. The number of benzene rings is 1. The third-order valence-corrected chi connectivity index (χ3v) is 3.60. The Bertz CT molecular complexity index is 527. The lowest BCUT2D eigenvalue weighted by atomic mass is 9.90. The largest absolute Gasteiger partial charge is 0.338 e. The van der Waals surface area contributed by atoms with E-state index in [0.29, 0.717) is 26.1 Å². The van der Waals surface area contributed by atoms with E-state index in [4.69, 9.17) is 5.73 Å². The molecule has 1 aromatic rings. The van der Waals surface area contributed by atoms with Gasteiger partial charge in [0, 0.05) is 13.1 Å². The van der Waals surface area contributed by atoms with Crippen LogP contribution in [-0.2, 0) is 0 Å². The zero-order valence-electron chi connectivity index (χ0n) is 11.0. The number of nitrogens with two attached hydrogens (primary N) is 1. The molecule has 0 aromatic heterocycles. The van der Waals surface area contributed by atoms with Gasteiger partial charge in [-0.1, -0.05) is 6.92 Å². The van der Waals surface area contributed by atoms with Gasteiger partial charge >= 0.3 is 0 Å². The molecular formula is C13H16ClF3N2O. The van der Waals surface area contributed by atoms with E-state index in [1.807, 2.05) is 6.92 Å². The van der Waals surface area contributed by atoms with E-state index in [9.17, 15) is 18.0 Å². The highest BCUT2D eigenvalue weighted by Gasteiger charge is 2.36. The first-order chi connectivity index (χ1) is 8.88. The summed E-state index contributed by atoms with van der Waals surface area (Å²) in [4.78, 5) is 13.5. The summed E-state index contributed by atoms with van der Waals surface area (Å²) in [5.41, 5.74) is 4.97. The van der Waals surface area contributed by atoms with Crippen LogP contribution in [0.5, 0.6) is 0 Å². The Morgan fingerprint density at radius 2 is 2.00 bits per heavy atom. The van der Waals surface area contributed by atoms with Gasteiger partial charge in [0.1, 0.15) is 0 Å². The molecule has 2 N–H and O–H groups in total. The Morgan fingerprint density at radius 1 is 1.35 bits per heavy atom. The molecule has 20 heavy (non-hydrogen) atoms. The molecule has 1 heterocycles. The van der Waals surface area contributed by atoms with Crippen LogP contribution in [0, 0.1) is 22.9 Å². The van der Waals surface area contributed by atoms with Crippen LogP contribution in [-0.4, -0.2) is 30.4 Å². The average molecular weight is 309 g/mol. The van der Waals surface area contributed by atoms with Gasteiger partial charge in [0.15, 0.2) is 17.5 Å². The number of likely N-dealkylation sites (tertiary alicyclic amines) is 1. The minimum atomic E-state index is -1.62. The Kier molecular flexibility index (Phi) is 5.05. The lowest BCUT2D eigenvalue weighted by Crippen LogP contribution is -2.35. The van der Waals surface area contributed by atoms with Crippen molar-refractivity contribution in [2.45, 2.75) is 13.3 Å². The van der Waals surface area contributed by atoms with Gasteiger partial charge in [-0.05, 0) is 30.5 Å². The predicted molar refractivity (Wildman–Crippen MR) is 71.2 cm³/mol. The van der Waals surface area contributed by atoms with E-state index in [1.54, 1.807) is 0 Å². The summed E-state index contributed by atoms with van der Waals surface area (Å²) in [6.07, 6.45) is 0.709. The maximum atomic E-state index is 13.6. The molecule has 1 aromatic carbocycles. The number of amides is 1. The van der Waals surface area contributed by atoms with Crippen LogP contribution in [0.4, 0.5) is 13.2 Å². The number of rotatable bonds is 2. The monoisotopic (exact) mass is 308 g/mol. The molecule has 0 bridgehead atoms. The third-order valence-electron chi connectivity index (χ3n) is 3.60. The van der Waals surface area contributed by atoms with Gasteiger partial charge in [0.05, 0.1) is 5.56 Å². The smallest absolute Gasteiger partial charge is 0.256 e. The summed E-state index contributed by atoms with van der Waals surface area (Å²) in [6.45, 7) is 3.17. The first-order valence-electron chi connectivity index (χ1n) is 6.01. The zero-order chi connectivity index (χ0) is 14.2. The van der Waals surface area contributed by atoms with E-state index < -0.39 is 28.9 Å². The van der Waals surface area contributed by atoms with Crippen LogP contribution < -0.4 is 5.73 Å². The molecule has 1 aliphatic heterocycles. The second-order valence-electron chi connectivity index (χ2n) is 5.21. The quantitative estimate of drug-likeness (QED) is 0.852. The molecule has 112 valence electrons. The van der Waals surface area contributed by atoms with Crippen molar-refractivity contribution in [2.75, 3.05) is 19.6 Å². The van der Waals surface area contributed by atoms with Crippen LogP contribution >= 0.6 is 12.4 Å². The van der Waals surface area contributed by atoms with Crippen LogP contribution in [0.2, 0.25) is 0 Å². The normalized spacial score (nSPS) is 21.8.